The first-order chi connectivity index (χ1) is 13.1. The fourth-order valence-corrected chi connectivity index (χ4v) is 3.78. The summed E-state index contributed by atoms with van der Waals surface area (Å²) in [5, 5.41) is 0. The summed E-state index contributed by atoms with van der Waals surface area (Å²) in [7, 11) is 0. The topological polar surface area (TPSA) is 29.5 Å². The zero-order valence-corrected chi connectivity index (χ0v) is 16.6. The predicted molar refractivity (Wildman–Crippen MR) is 110 cm³/mol. The van der Waals surface area contributed by atoms with Gasteiger partial charge in [0.1, 0.15) is 5.75 Å². The molecule has 1 heterocycles. The molecule has 3 nitrogen and oxygen atoms in total. The number of carbonyl (C=O) groups excluding carboxylic acids is 1. The van der Waals surface area contributed by atoms with Gasteiger partial charge in [-0.15, -0.1) is 0 Å². The molecule has 1 aliphatic heterocycles. The zero-order valence-electron chi connectivity index (χ0n) is 16.6. The first-order valence-corrected chi connectivity index (χ1v) is 10.2. The number of likely N-dealkylation sites (tertiary alicyclic amines) is 1. The molecule has 1 aliphatic rings. The van der Waals surface area contributed by atoms with Gasteiger partial charge in [-0.25, -0.2) is 0 Å². The molecule has 1 saturated heterocycles. The molecule has 1 amide bonds. The molecule has 0 bridgehead atoms. The molecule has 0 aromatic heterocycles. The number of nitrogens with zero attached hydrogens (tertiary/aromatic N) is 1. The Morgan fingerprint density at radius 1 is 0.963 bits per heavy atom. The van der Waals surface area contributed by atoms with Gasteiger partial charge >= 0.3 is 0 Å². The summed E-state index contributed by atoms with van der Waals surface area (Å²) < 4.78 is 5.77. The standard InChI is InChI=1S/C24H31NO2/c1-19(2)27-23-13-11-21(12-14-23)22(17-20-9-5-3-6-10-20)18-24(26)25-15-7-4-8-16-25/h3,5-6,9-14,19,22H,4,7-8,15-18H2,1-2H3/t22-/m1/s1. The second-order valence-corrected chi connectivity index (χ2v) is 7.77. The highest BCUT2D eigenvalue weighted by atomic mass is 16.5. The van der Waals surface area contributed by atoms with E-state index in [1.165, 1.54) is 17.5 Å². The van der Waals surface area contributed by atoms with Gasteiger partial charge in [-0.1, -0.05) is 42.5 Å². The van der Waals surface area contributed by atoms with Gasteiger partial charge in [0.05, 0.1) is 6.10 Å². The Hall–Kier alpha value is -2.29. The van der Waals surface area contributed by atoms with Crippen LogP contribution in [0.2, 0.25) is 0 Å². The number of benzene rings is 2. The third kappa shape index (κ3) is 5.85. The number of rotatable bonds is 7. The van der Waals surface area contributed by atoms with E-state index in [1.807, 2.05) is 32.0 Å². The minimum Gasteiger partial charge on any atom is -0.491 e. The highest BCUT2D eigenvalue weighted by Gasteiger charge is 2.22. The molecule has 3 rings (SSSR count). The Morgan fingerprint density at radius 2 is 1.63 bits per heavy atom. The van der Waals surface area contributed by atoms with Crippen molar-refractivity contribution in [2.24, 2.45) is 0 Å². The highest BCUT2D eigenvalue weighted by Crippen LogP contribution is 2.28. The van der Waals surface area contributed by atoms with Gasteiger partial charge in [-0.05, 0) is 68.7 Å². The van der Waals surface area contributed by atoms with Crippen molar-refractivity contribution in [3.63, 3.8) is 0 Å². The van der Waals surface area contributed by atoms with E-state index in [4.69, 9.17) is 4.74 Å². The Balaban J connectivity index is 1.75. The summed E-state index contributed by atoms with van der Waals surface area (Å²) in [5.41, 5.74) is 2.48. The first kappa shape index (κ1) is 19.5. The van der Waals surface area contributed by atoms with Crippen molar-refractivity contribution in [1.29, 1.82) is 0 Å². The Morgan fingerprint density at radius 3 is 2.26 bits per heavy atom. The third-order valence-electron chi connectivity index (χ3n) is 5.18. The normalized spacial score (nSPS) is 15.6. The molecule has 0 aliphatic carbocycles. The van der Waals surface area contributed by atoms with Gasteiger partial charge in [-0.2, -0.15) is 0 Å². The molecule has 3 heteroatoms. The quantitative estimate of drug-likeness (QED) is 0.675. The summed E-state index contributed by atoms with van der Waals surface area (Å²) in [6, 6.07) is 18.8. The van der Waals surface area contributed by atoms with E-state index in [-0.39, 0.29) is 17.9 Å². The van der Waals surface area contributed by atoms with Crippen molar-refractivity contribution in [2.45, 2.75) is 58.0 Å². The van der Waals surface area contributed by atoms with Crippen LogP contribution >= 0.6 is 0 Å². The third-order valence-corrected chi connectivity index (χ3v) is 5.18. The molecular weight excluding hydrogens is 334 g/mol. The van der Waals surface area contributed by atoms with E-state index in [2.05, 4.69) is 41.3 Å². The molecule has 0 N–H and O–H groups in total. The summed E-state index contributed by atoms with van der Waals surface area (Å²) in [4.78, 5) is 14.9. The lowest BCUT2D eigenvalue weighted by atomic mass is 9.88. The fraction of sp³-hybridized carbons (Fsp3) is 0.458. The minimum atomic E-state index is 0.164. The van der Waals surface area contributed by atoms with Gasteiger partial charge in [-0.3, -0.25) is 4.79 Å². The molecule has 0 saturated carbocycles. The van der Waals surface area contributed by atoms with Gasteiger partial charge in [0.25, 0.3) is 0 Å². The van der Waals surface area contributed by atoms with Crippen molar-refractivity contribution < 1.29 is 9.53 Å². The number of hydrogen-bond acceptors (Lipinski definition) is 2. The number of carbonyl (C=O) groups is 1. The Bertz CT molecular complexity index is 703. The van der Waals surface area contributed by atoms with Crippen LogP contribution in [0.1, 0.15) is 56.6 Å². The lowest BCUT2D eigenvalue weighted by molar-refractivity contribution is -0.132. The summed E-state index contributed by atoms with van der Waals surface area (Å²) >= 11 is 0. The van der Waals surface area contributed by atoms with Gasteiger partial charge in [0.15, 0.2) is 0 Å². The number of hydrogen-bond donors (Lipinski definition) is 0. The van der Waals surface area contributed by atoms with E-state index in [9.17, 15) is 4.79 Å². The SMILES string of the molecule is CC(C)Oc1ccc([C@@H](CC(=O)N2CCCCC2)Cc2ccccc2)cc1. The van der Waals surface area contributed by atoms with Gasteiger partial charge in [0, 0.05) is 19.5 Å². The van der Waals surface area contributed by atoms with Crippen LogP contribution < -0.4 is 4.74 Å². The van der Waals surface area contributed by atoms with Crippen molar-refractivity contribution in [2.75, 3.05) is 13.1 Å². The van der Waals surface area contributed by atoms with Crippen LogP contribution in [0.25, 0.3) is 0 Å². The van der Waals surface area contributed by atoms with Crippen LogP contribution in [-0.4, -0.2) is 30.0 Å². The maximum Gasteiger partial charge on any atom is 0.223 e. The lowest BCUT2D eigenvalue weighted by Crippen LogP contribution is -2.36. The van der Waals surface area contributed by atoms with Crippen molar-refractivity contribution >= 4 is 5.91 Å². The average molecular weight is 366 g/mol. The maximum absolute atomic E-state index is 12.9. The van der Waals surface area contributed by atoms with Crippen LogP contribution in [0.4, 0.5) is 0 Å². The van der Waals surface area contributed by atoms with E-state index >= 15 is 0 Å². The molecular formula is C24H31NO2. The first-order valence-electron chi connectivity index (χ1n) is 10.2. The molecule has 1 fully saturated rings. The summed E-state index contributed by atoms with van der Waals surface area (Å²) in [6.45, 7) is 5.89. The van der Waals surface area contributed by atoms with Gasteiger partial charge < -0.3 is 9.64 Å². The molecule has 27 heavy (non-hydrogen) atoms. The molecule has 0 unspecified atom stereocenters. The smallest absolute Gasteiger partial charge is 0.223 e. The summed E-state index contributed by atoms with van der Waals surface area (Å²) in [5.74, 6) is 1.36. The Labute approximate surface area is 163 Å². The number of piperidine rings is 1. The van der Waals surface area contributed by atoms with Crippen LogP contribution in [-0.2, 0) is 11.2 Å². The van der Waals surface area contributed by atoms with E-state index in [0.717, 1.165) is 38.1 Å². The molecule has 2 aromatic carbocycles. The molecule has 144 valence electrons. The Kier molecular flexibility index (Phi) is 6.92. The zero-order chi connectivity index (χ0) is 19.1. The summed E-state index contributed by atoms with van der Waals surface area (Å²) in [6.07, 6.45) is 5.13. The molecule has 0 spiro atoms. The number of ether oxygens (including phenoxy) is 1. The van der Waals surface area contributed by atoms with E-state index in [1.54, 1.807) is 0 Å². The second kappa shape index (κ2) is 9.59. The molecule has 1 atom stereocenters. The highest BCUT2D eigenvalue weighted by molar-refractivity contribution is 5.77. The monoisotopic (exact) mass is 365 g/mol. The predicted octanol–water partition coefficient (Wildman–Crippen LogP) is 5.20. The van der Waals surface area contributed by atoms with Crippen LogP contribution in [0, 0.1) is 0 Å². The van der Waals surface area contributed by atoms with Gasteiger partial charge in [0.2, 0.25) is 5.91 Å². The van der Waals surface area contributed by atoms with Crippen LogP contribution in [0.5, 0.6) is 5.75 Å². The van der Waals surface area contributed by atoms with E-state index < -0.39 is 0 Å². The molecule has 2 aromatic rings. The molecule has 0 radical (unpaired) electrons. The maximum atomic E-state index is 12.9. The largest absolute Gasteiger partial charge is 0.491 e. The second-order valence-electron chi connectivity index (χ2n) is 7.77. The van der Waals surface area contributed by atoms with Crippen molar-refractivity contribution in [3.05, 3.63) is 65.7 Å². The van der Waals surface area contributed by atoms with E-state index in [0.29, 0.717) is 6.42 Å². The van der Waals surface area contributed by atoms with Crippen LogP contribution in [0.3, 0.4) is 0 Å². The fourth-order valence-electron chi connectivity index (χ4n) is 3.78. The van der Waals surface area contributed by atoms with Crippen molar-refractivity contribution in [3.8, 4) is 5.75 Å². The minimum absolute atomic E-state index is 0.164. The average Bonchev–Trinajstić information content (AvgIpc) is 2.69. The van der Waals surface area contributed by atoms with Crippen molar-refractivity contribution in [1.82, 2.24) is 4.90 Å². The number of amides is 1. The lowest BCUT2D eigenvalue weighted by Gasteiger charge is -2.29. The van der Waals surface area contributed by atoms with Crippen LogP contribution in [0.15, 0.2) is 54.6 Å².